The molecule has 0 atom stereocenters. The van der Waals surface area contributed by atoms with Crippen molar-refractivity contribution in [2.24, 2.45) is 0 Å². The maximum absolute atomic E-state index is 13.2. The molecule has 1 heterocycles. The van der Waals surface area contributed by atoms with E-state index in [1.807, 2.05) is 0 Å². The second-order valence-electron chi connectivity index (χ2n) is 3.10. The summed E-state index contributed by atoms with van der Waals surface area (Å²) in [6.45, 7) is 0. The lowest BCUT2D eigenvalue weighted by atomic mass is 10.2. The molecule has 0 N–H and O–H groups in total. The number of aromatic nitrogens is 2. The summed E-state index contributed by atoms with van der Waals surface area (Å²) in [5.74, 6) is -0.268. The molecule has 0 aliphatic rings. The lowest BCUT2D eigenvalue weighted by Gasteiger charge is -2.04. The molecule has 0 unspecified atom stereocenters. The number of hydrogen-bond acceptors (Lipinski definition) is 2. The average Bonchev–Trinajstić information content (AvgIpc) is 2.23. The van der Waals surface area contributed by atoms with Gasteiger partial charge in [-0.3, -0.25) is 0 Å². The van der Waals surface area contributed by atoms with Crippen molar-refractivity contribution in [1.82, 2.24) is 9.97 Å². The molecule has 2 aromatic rings. The summed E-state index contributed by atoms with van der Waals surface area (Å²) in [6.07, 6.45) is 0. The summed E-state index contributed by atoms with van der Waals surface area (Å²) in [5, 5.41) is 0.555. The van der Waals surface area contributed by atoms with Gasteiger partial charge in [-0.1, -0.05) is 34.8 Å². The van der Waals surface area contributed by atoms with Crippen molar-refractivity contribution in [2.75, 3.05) is 0 Å². The van der Waals surface area contributed by atoms with Gasteiger partial charge in [0.2, 0.25) is 0 Å². The van der Waals surface area contributed by atoms with E-state index in [1.165, 1.54) is 18.2 Å². The second kappa shape index (κ2) is 5.06. The molecular formula is C10H3BrCl3FN2. The molecule has 0 aliphatic heterocycles. The van der Waals surface area contributed by atoms with Gasteiger partial charge in [0.15, 0.2) is 5.82 Å². The molecule has 2 rings (SSSR count). The molecule has 1 aromatic heterocycles. The topological polar surface area (TPSA) is 25.8 Å². The van der Waals surface area contributed by atoms with Gasteiger partial charge in [-0.25, -0.2) is 14.4 Å². The van der Waals surface area contributed by atoms with Gasteiger partial charge in [0, 0.05) is 10.6 Å². The zero-order chi connectivity index (χ0) is 12.6. The van der Waals surface area contributed by atoms with Crippen LogP contribution in [0.25, 0.3) is 11.4 Å². The first-order valence-corrected chi connectivity index (χ1v) is 6.25. The molecule has 0 saturated heterocycles. The van der Waals surface area contributed by atoms with Gasteiger partial charge >= 0.3 is 0 Å². The first kappa shape index (κ1) is 13.0. The van der Waals surface area contributed by atoms with Gasteiger partial charge in [-0.2, -0.15) is 0 Å². The molecule has 88 valence electrons. The molecule has 0 amide bonds. The van der Waals surface area contributed by atoms with E-state index in [2.05, 4.69) is 25.9 Å². The molecule has 0 saturated carbocycles. The zero-order valence-corrected chi connectivity index (χ0v) is 11.9. The van der Waals surface area contributed by atoms with Crippen LogP contribution >= 0.6 is 50.7 Å². The van der Waals surface area contributed by atoms with Crippen molar-refractivity contribution < 1.29 is 4.39 Å². The van der Waals surface area contributed by atoms with E-state index in [-0.39, 0.29) is 21.2 Å². The fraction of sp³-hybridized carbons (Fsp3) is 0. The van der Waals surface area contributed by atoms with Gasteiger partial charge in [0.25, 0.3) is 0 Å². The van der Waals surface area contributed by atoms with E-state index in [1.54, 1.807) is 0 Å². The normalized spacial score (nSPS) is 10.6. The molecule has 17 heavy (non-hydrogen) atoms. The fourth-order valence-corrected chi connectivity index (χ4v) is 1.99. The summed E-state index contributed by atoms with van der Waals surface area (Å²) < 4.78 is 13.6. The predicted molar refractivity (Wildman–Crippen MR) is 70.2 cm³/mol. The highest BCUT2D eigenvalue weighted by Crippen LogP contribution is 2.30. The summed E-state index contributed by atoms with van der Waals surface area (Å²) in [5.41, 5.74) is 0.409. The lowest BCUT2D eigenvalue weighted by molar-refractivity contribution is 0.628. The Bertz CT molecular complexity index is 549. The van der Waals surface area contributed by atoms with Crippen molar-refractivity contribution in [1.29, 1.82) is 0 Å². The quantitative estimate of drug-likeness (QED) is 0.672. The minimum absolute atomic E-state index is 0.153. The third-order valence-electron chi connectivity index (χ3n) is 1.89. The van der Waals surface area contributed by atoms with Crippen LogP contribution in [-0.4, -0.2) is 9.97 Å². The van der Waals surface area contributed by atoms with Crippen LogP contribution in [-0.2, 0) is 0 Å². The number of nitrogens with zero attached hydrogens (tertiary/aromatic N) is 2. The molecule has 0 fully saturated rings. The molecule has 0 radical (unpaired) electrons. The van der Waals surface area contributed by atoms with E-state index in [0.29, 0.717) is 10.0 Å². The van der Waals surface area contributed by atoms with E-state index < -0.39 is 5.82 Å². The number of halogens is 5. The highest BCUT2D eigenvalue weighted by atomic mass is 79.9. The maximum Gasteiger partial charge on any atom is 0.162 e. The Morgan fingerprint density at radius 2 is 1.59 bits per heavy atom. The highest BCUT2D eigenvalue weighted by molar-refractivity contribution is 9.10. The average molecular weight is 356 g/mol. The standard InChI is InChI=1S/C10H3BrCl3FN2/c11-7-8(13)16-10(17-9(7)14)4-1-5(12)3-6(15)2-4/h1-3H. The van der Waals surface area contributed by atoms with Crippen LogP contribution in [0.2, 0.25) is 15.3 Å². The van der Waals surface area contributed by atoms with Crippen LogP contribution < -0.4 is 0 Å². The van der Waals surface area contributed by atoms with Gasteiger partial charge in [-0.15, -0.1) is 0 Å². The summed E-state index contributed by atoms with van der Waals surface area (Å²) in [6, 6.07) is 3.97. The minimum atomic E-state index is -0.480. The van der Waals surface area contributed by atoms with Crippen LogP contribution in [0.5, 0.6) is 0 Å². The largest absolute Gasteiger partial charge is 0.215 e. The Morgan fingerprint density at radius 3 is 2.12 bits per heavy atom. The Balaban J connectivity index is 2.60. The van der Waals surface area contributed by atoms with Crippen LogP contribution in [0, 0.1) is 5.82 Å². The van der Waals surface area contributed by atoms with E-state index in [9.17, 15) is 4.39 Å². The van der Waals surface area contributed by atoms with Crippen molar-refractivity contribution in [3.8, 4) is 11.4 Å². The minimum Gasteiger partial charge on any atom is -0.215 e. The zero-order valence-electron chi connectivity index (χ0n) is 8.02. The van der Waals surface area contributed by atoms with E-state index in [0.717, 1.165) is 0 Å². The van der Waals surface area contributed by atoms with Crippen LogP contribution in [0.4, 0.5) is 4.39 Å². The van der Waals surface area contributed by atoms with Gasteiger partial charge in [0.1, 0.15) is 16.1 Å². The molecule has 0 spiro atoms. The first-order valence-electron chi connectivity index (χ1n) is 4.32. The Hall–Kier alpha value is -0.420. The second-order valence-corrected chi connectivity index (χ2v) is 5.05. The SMILES string of the molecule is Fc1cc(Cl)cc(-c2nc(Cl)c(Br)c(Cl)n2)c1. The van der Waals surface area contributed by atoms with E-state index in [4.69, 9.17) is 34.8 Å². The van der Waals surface area contributed by atoms with Gasteiger partial charge in [-0.05, 0) is 34.1 Å². The molecule has 0 bridgehead atoms. The maximum atomic E-state index is 13.2. The predicted octanol–water partition coefficient (Wildman–Crippen LogP) is 5.01. The van der Waals surface area contributed by atoms with Gasteiger partial charge < -0.3 is 0 Å². The van der Waals surface area contributed by atoms with Crippen LogP contribution in [0.15, 0.2) is 22.7 Å². The number of benzene rings is 1. The fourth-order valence-electron chi connectivity index (χ4n) is 1.21. The molecule has 1 aromatic carbocycles. The molecule has 7 heteroatoms. The van der Waals surface area contributed by atoms with Crippen LogP contribution in [0.3, 0.4) is 0 Å². The van der Waals surface area contributed by atoms with E-state index >= 15 is 0 Å². The van der Waals surface area contributed by atoms with Crippen molar-refractivity contribution in [3.05, 3.63) is 43.8 Å². The molecule has 2 nitrogen and oxygen atoms in total. The third-order valence-corrected chi connectivity index (χ3v) is 3.86. The summed E-state index contributed by atoms with van der Waals surface area (Å²) >= 11 is 20.5. The Morgan fingerprint density at radius 1 is 1.00 bits per heavy atom. The first-order chi connectivity index (χ1) is 7.97. The Kier molecular flexibility index (Phi) is 3.88. The lowest BCUT2D eigenvalue weighted by Crippen LogP contribution is -1.92. The van der Waals surface area contributed by atoms with Crippen molar-refractivity contribution >= 4 is 50.7 Å². The van der Waals surface area contributed by atoms with Crippen LogP contribution in [0.1, 0.15) is 0 Å². The number of rotatable bonds is 1. The smallest absolute Gasteiger partial charge is 0.162 e. The van der Waals surface area contributed by atoms with Gasteiger partial charge in [0.05, 0.1) is 4.47 Å². The monoisotopic (exact) mass is 354 g/mol. The van der Waals surface area contributed by atoms with Crippen molar-refractivity contribution in [2.45, 2.75) is 0 Å². The number of hydrogen-bond donors (Lipinski definition) is 0. The summed E-state index contributed by atoms with van der Waals surface area (Å²) in [4.78, 5) is 7.97. The molecule has 0 aliphatic carbocycles. The highest BCUT2D eigenvalue weighted by Gasteiger charge is 2.11. The van der Waals surface area contributed by atoms with Crippen molar-refractivity contribution in [3.63, 3.8) is 0 Å². The Labute approximate surface area is 120 Å². The molecular weight excluding hydrogens is 353 g/mol. The summed E-state index contributed by atoms with van der Waals surface area (Å²) in [7, 11) is 0. The third kappa shape index (κ3) is 2.88.